The van der Waals surface area contributed by atoms with Crippen molar-refractivity contribution in [1.82, 2.24) is 10.2 Å². The van der Waals surface area contributed by atoms with Gasteiger partial charge in [-0.3, -0.25) is 9.59 Å². The molecule has 0 unspecified atom stereocenters. The molecule has 6 heteroatoms. The minimum absolute atomic E-state index is 0. The van der Waals surface area contributed by atoms with Gasteiger partial charge in [0.05, 0.1) is 13.1 Å². The molecule has 0 heterocycles. The number of rotatable bonds is 6. The van der Waals surface area contributed by atoms with Gasteiger partial charge < -0.3 is 16.0 Å². The van der Waals surface area contributed by atoms with Crippen LogP contribution < -0.4 is 11.1 Å². The minimum Gasteiger partial charge on any atom is -0.346 e. The number of benzene rings is 1. The first-order valence-corrected chi connectivity index (χ1v) is 6.34. The van der Waals surface area contributed by atoms with Crippen LogP contribution in [0.4, 0.5) is 0 Å². The number of carbonyl (C=O) groups is 2. The standard InChI is InChI=1S/C14H21N3O2.ClH/c1-11(2)17(10-12-6-4-3-5-7-12)14(19)9-16-13(18)8-15;/h3-7,11H,8-10,15H2,1-2H3,(H,16,18);1H. The van der Waals surface area contributed by atoms with Gasteiger partial charge in [0.15, 0.2) is 0 Å². The summed E-state index contributed by atoms with van der Waals surface area (Å²) in [4.78, 5) is 24.9. The summed E-state index contributed by atoms with van der Waals surface area (Å²) in [6.07, 6.45) is 0. The number of nitrogens with zero attached hydrogens (tertiary/aromatic N) is 1. The van der Waals surface area contributed by atoms with E-state index < -0.39 is 0 Å². The van der Waals surface area contributed by atoms with Gasteiger partial charge in [-0.15, -0.1) is 12.4 Å². The Kier molecular flexibility index (Phi) is 8.59. The van der Waals surface area contributed by atoms with Gasteiger partial charge in [-0.2, -0.15) is 0 Å². The fourth-order valence-electron chi connectivity index (χ4n) is 1.69. The van der Waals surface area contributed by atoms with Crippen molar-refractivity contribution in [3.63, 3.8) is 0 Å². The molecule has 0 fully saturated rings. The zero-order valence-corrected chi connectivity index (χ0v) is 12.7. The van der Waals surface area contributed by atoms with Crippen LogP contribution >= 0.6 is 12.4 Å². The van der Waals surface area contributed by atoms with E-state index in [0.717, 1.165) is 5.56 Å². The highest BCUT2D eigenvalue weighted by atomic mass is 35.5. The second-order valence-electron chi connectivity index (χ2n) is 4.58. The van der Waals surface area contributed by atoms with Crippen molar-refractivity contribution in [3.8, 4) is 0 Å². The average Bonchev–Trinajstić information content (AvgIpc) is 2.42. The Morgan fingerprint density at radius 1 is 1.25 bits per heavy atom. The lowest BCUT2D eigenvalue weighted by Crippen LogP contribution is -2.44. The summed E-state index contributed by atoms with van der Waals surface area (Å²) in [5.41, 5.74) is 6.25. The number of halogens is 1. The molecule has 5 nitrogen and oxygen atoms in total. The molecule has 3 N–H and O–H groups in total. The fraction of sp³-hybridized carbons (Fsp3) is 0.429. The Balaban J connectivity index is 0.00000361. The molecule has 0 aromatic heterocycles. The van der Waals surface area contributed by atoms with Crippen LogP contribution in [-0.4, -0.2) is 35.8 Å². The van der Waals surface area contributed by atoms with Crippen LogP contribution in [0.2, 0.25) is 0 Å². The molecule has 2 amide bonds. The first kappa shape index (κ1) is 18.4. The summed E-state index contributed by atoms with van der Waals surface area (Å²) < 4.78 is 0. The van der Waals surface area contributed by atoms with Crippen molar-refractivity contribution >= 4 is 24.2 Å². The molecule has 1 aromatic carbocycles. The van der Waals surface area contributed by atoms with E-state index in [0.29, 0.717) is 6.54 Å². The molecule has 0 saturated carbocycles. The van der Waals surface area contributed by atoms with Crippen molar-refractivity contribution in [1.29, 1.82) is 0 Å². The smallest absolute Gasteiger partial charge is 0.242 e. The molecule has 0 aliphatic heterocycles. The lowest BCUT2D eigenvalue weighted by atomic mass is 10.2. The maximum absolute atomic E-state index is 12.1. The van der Waals surface area contributed by atoms with E-state index in [2.05, 4.69) is 5.32 Å². The topological polar surface area (TPSA) is 75.4 Å². The molecule has 1 rings (SSSR count). The summed E-state index contributed by atoms with van der Waals surface area (Å²) in [6.45, 7) is 4.32. The molecule has 0 aliphatic carbocycles. The van der Waals surface area contributed by atoms with Gasteiger partial charge in [-0.25, -0.2) is 0 Å². The monoisotopic (exact) mass is 299 g/mol. The predicted octanol–water partition coefficient (Wildman–Crippen LogP) is 0.920. The maximum Gasteiger partial charge on any atom is 0.242 e. The fourth-order valence-corrected chi connectivity index (χ4v) is 1.69. The highest BCUT2D eigenvalue weighted by Gasteiger charge is 2.17. The molecule has 0 atom stereocenters. The van der Waals surface area contributed by atoms with Crippen LogP contribution in [0.15, 0.2) is 30.3 Å². The summed E-state index contributed by atoms with van der Waals surface area (Å²) in [7, 11) is 0. The molecule has 0 bridgehead atoms. The van der Waals surface area contributed by atoms with Crippen molar-refractivity contribution in [2.24, 2.45) is 5.73 Å². The zero-order valence-electron chi connectivity index (χ0n) is 11.8. The third-order valence-corrected chi connectivity index (χ3v) is 2.76. The Morgan fingerprint density at radius 2 is 1.85 bits per heavy atom. The lowest BCUT2D eigenvalue weighted by molar-refractivity contribution is -0.134. The van der Waals surface area contributed by atoms with Crippen LogP contribution in [0.25, 0.3) is 0 Å². The Morgan fingerprint density at radius 3 is 2.35 bits per heavy atom. The number of hydrogen-bond acceptors (Lipinski definition) is 3. The number of nitrogens with one attached hydrogen (secondary N) is 1. The Hall–Kier alpha value is -1.59. The average molecular weight is 300 g/mol. The Bertz CT molecular complexity index is 424. The first-order valence-electron chi connectivity index (χ1n) is 6.34. The summed E-state index contributed by atoms with van der Waals surface area (Å²) in [6, 6.07) is 9.83. The molecule has 20 heavy (non-hydrogen) atoms. The number of nitrogens with two attached hydrogens (primary N) is 1. The molecule has 112 valence electrons. The molecular weight excluding hydrogens is 278 g/mol. The van der Waals surface area contributed by atoms with E-state index in [-0.39, 0.29) is 43.4 Å². The van der Waals surface area contributed by atoms with Gasteiger partial charge in [0.2, 0.25) is 11.8 Å². The van der Waals surface area contributed by atoms with Gasteiger partial charge in [0.25, 0.3) is 0 Å². The minimum atomic E-state index is -0.322. The van der Waals surface area contributed by atoms with Crippen LogP contribution in [0.1, 0.15) is 19.4 Å². The summed E-state index contributed by atoms with van der Waals surface area (Å²) in [5.74, 6) is -0.433. The molecule has 0 radical (unpaired) electrons. The quantitative estimate of drug-likeness (QED) is 0.820. The number of hydrogen-bond donors (Lipinski definition) is 2. The van der Waals surface area contributed by atoms with E-state index in [1.165, 1.54) is 0 Å². The normalized spacial score (nSPS) is 9.80. The summed E-state index contributed by atoms with van der Waals surface area (Å²) >= 11 is 0. The van der Waals surface area contributed by atoms with E-state index in [9.17, 15) is 9.59 Å². The zero-order chi connectivity index (χ0) is 14.3. The van der Waals surface area contributed by atoms with Crippen LogP contribution in [0, 0.1) is 0 Å². The largest absolute Gasteiger partial charge is 0.346 e. The highest BCUT2D eigenvalue weighted by molar-refractivity contribution is 5.85. The maximum atomic E-state index is 12.1. The van der Waals surface area contributed by atoms with Gasteiger partial charge in [0.1, 0.15) is 0 Å². The van der Waals surface area contributed by atoms with Crippen molar-refractivity contribution in [3.05, 3.63) is 35.9 Å². The van der Waals surface area contributed by atoms with Gasteiger partial charge in [-0.1, -0.05) is 30.3 Å². The number of carbonyl (C=O) groups excluding carboxylic acids is 2. The van der Waals surface area contributed by atoms with E-state index in [1.807, 2.05) is 44.2 Å². The second kappa shape index (κ2) is 9.34. The molecular formula is C14H22ClN3O2. The molecule has 1 aromatic rings. The summed E-state index contributed by atoms with van der Waals surface area (Å²) in [5, 5.41) is 2.50. The predicted molar refractivity (Wildman–Crippen MR) is 81.4 cm³/mol. The van der Waals surface area contributed by atoms with E-state index in [1.54, 1.807) is 4.90 Å². The molecule has 0 saturated heterocycles. The van der Waals surface area contributed by atoms with Crippen LogP contribution in [0.3, 0.4) is 0 Å². The van der Waals surface area contributed by atoms with E-state index >= 15 is 0 Å². The van der Waals surface area contributed by atoms with Crippen molar-refractivity contribution in [2.45, 2.75) is 26.4 Å². The van der Waals surface area contributed by atoms with Gasteiger partial charge >= 0.3 is 0 Å². The first-order chi connectivity index (χ1) is 9.04. The lowest BCUT2D eigenvalue weighted by Gasteiger charge is -2.27. The molecule has 0 aliphatic rings. The van der Waals surface area contributed by atoms with Crippen LogP contribution in [0.5, 0.6) is 0 Å². The van der Waals surface area contributed by atoms with Crippen molar-refractivity contribution < 1.29 is 9.59 Å². The molecule has 0 spiro atoms. The van der Waals surface area contributed by atoms with Gasteiger partial charge in [-0.05, 0) is 19.4 Å². The number of amides is 2. The highest BCUT2D eigenvalue weighted by Crippen LogP contribution is 2.08. The van der Waals surface area contributed by atoms with E-state index in [4.69, 9.17) is 5.73 Å². The Labute approximate surface area is 125 Å². The van der Waals surface area contributed by atoms with Crippen LogP contribution in [-0.2, 0) is 16.1 Å². The van der Waals surface area contributed by atoms with Gasteiger partial charge in [0, 0.05) is 12.6 Å². The second-order valence-corrected chi connectivity index (χ2v) is 4.58. The van der Waals surface area contributed by atoms with Crippen molar-refractivity contribution in [2.75, 3.05) is 13.1 Å². The third kappa shape index (κ3) is 6.04. The SMILES string of the molecule is CC(C)N(Cc1ccccc1)C(=O)CNC(=O)CN.Cl. The third-order valence-electron chi connectivity index (χ3n) is 2.76.